The molecule has 0 heterocycles. The molecule has 1 saturated carbocycles. The summed E-state index contributed by atoms with van der Waals surface area (Å²) in [6, 6.07) is 3.35. The van der Waals surface area contributed by atoms with E-state index in [1.165, 1.54) is 25.3 Å². The van der Waals surface area contributed by atoms with E-state index in [0.29, 0.717) is 12.5 Å². The maximum atomic E-state index is 13.0. The van der Waals surface area contributed by atoms with Crippen LogP contribution in [0.5, 0.6) is 0 Å². The summed E-state index contributed by atoms with van der Waals surface area (Å²) in [6.07, 6.45) is 4.40. The van der Waals surface area contributed by atoms with E-state index in [4.69, 9.17) is 5.73 Å². The van der Waals surface area contributed by atoms with Gasteiger partial charge in [-0.05, 0) is 30.5 Å². The zero-order chi connectivity index (χ0) is 13.2. The summed E-state index contributed by atoms with van der Waals surface area (Å²) < 4.78 is 39.4. The molecule has 1 aliphatic rings. The van der Waals surface area contributed by atoms with Crippen LogP contribution in [-0.2, 0) is 10.0 Å². The molecule has 100 valence electrons. The van der Waals surface area contributed by atoms with Gasteiger partial charge in [-0.2, -0.15) is 0 Å². The molecule has 0 unspecified atom stereocenters. The van der Waals surface area contributed by atoms with Crippen molar-refractivity contribution in [1.82, 2.24) is 4.72 Å². The van der Waals surface area contributed by atoms with Crippen LogP contribution >= 0.6 is 0 Å². The number of sulfonamides is 1. The molecule has 0 saturated heterocycles. The Hall–Kier alpha value is -1.14. The van der Waals surface area contributed by atoms with Gasteiger partial charge in [-0.1, -0.05) is 19.3 Å². The van der Waals surface area contributed by atoms with Crippen LogP contribution in [0.25, 0.3) is 0 Å². The molecule has 1 aromatic carbocycles. The van der Waals surface area contributed by atoms with Gasteiger partial charge in [0.25, 0.3) is 0 Å². The molecule has 4 nitrogen and oxygen atoms in total. The van der Waals surface area contributed by atoms with Gasteiger partial charge < -0.3 is 5.73 Å². The van der Waals surface area contributed by atoms with Crippen LogP contribution in [0.15, 0.2) is 23.1 Å². The van der Waals surface area contributed by atoms with E-state index >= 15 is 0 Å². The Labute approximate surface area is 106 Å². The summed E-state index contributed by atoms with van der Waals surface area (Å²) in [5.41, 5.74) is 5.62. The van der Waals surface area contributed by atoms with Crippen LogP contribution in [0.2, 0.25) is 0 Å². The van der Waals surface area contributed by atoms with E-state index in [1.807, 2.05) is 0 Å². The fourth-order valence-corrected chi connectivity index (χ4v) is 3.19. The molecule has 0 amide bonds. The van der Waals surface area contributed by atoms with Crippen molar-refractivity contribution in [3.05, 3.63) is 24.0 Å². The van der Waals surface area contributed by atoms with Crippen molar-refractivity contribution in [3.8, 4) is 0 Å². The maximum Gasteiger partial charge on any atom is 0.242 e. The maximum absolute atomic E-state index is 13.0. The molecule has 1 aromatic rings. The van der Waals surface area contributed by atoms with Gasteiger partial charge in [0.15, 0.2) is 0 Å². The first-order valence-electron chi connectivity index (χ1n) is 6.04. The summed E-state index contributed by atoms with van der Waals surface area (Å²) in [7, 11) is -3.71. The predicted molar refractivity (Wildman–Crippen MR) is 68.0 cm³/mol. The number of anilines is 1. The lowest BCUT2D eigenvalue weighted by atomic mass is 9.83. The molecule has 0 atom stereocenters. The van der Waals surface area contributed by atoms with E-state index in [9.17, 15) is 12.8 Å². The molecule has 0 aliphatic heterocycles. The molecule has 18 heavy (non-hydrogen) atoms. The molecule has 1 aliphatic carbocycles. The summed E-state index contributed by atoms with van der Waals surface area (Å²) in [6.45, 7) is 0.378. The van der Waals surface area contributed by atoms with Gasteiger partial charge in [0, 0.05) is 6.54 Å². The minimum Gasteiger partial charge on any atom is -0.398 e. The van der Waals surface area contributed by atoms with Crippen molar-refractivity contribution in [3.63, 3.8) is 0 Å². The van der Waals surface area contributed by atoms with Crippen molar-refractivity contribution in [1.29, 1.82) is 0 Å². The van der Waals surface area contributed by atoms with E-state index < -0.39 is 15.8 Å². The van der Waals surface area contributed by atoms with Crippen LogP contribution in [-0.4, -0.2) is 15.0 Å². The molecule has 0 bridgehead atoms. The van der Waals surface area contributed by atoms with Gasteiger partial charge in [-0.3, -0.25) is 0 Å². The second-order valence-electron chi connectivity index (χ2n) is 4.67. The van der Waals surface area contributed by atoms with Crippen LogP contribution in [0, 0.1) is 11.7 Å². The first kappa shape index (κ1) is 13.3. The highest BCUT2D eigenvalue weighted by atomic mass is 32.2. The molecular weight excluding hydrogens is 255 g/mol. The Morgan fingerprint density at radius 1 is 1.39 bits per heavy atom. The first-order valence-corrected chi connectivity index (χ1v) is 7.52. The number of nitrogen functional groups attached to an aromatic ring is 1. The first-order chi connectivity index (χ1) is 8.49. The van der Waals surface area contributed by atoms with E-state index in [1.54, 1.807) is 0 Å². The molecular formula is C12H17FN2O2S. The zero-order valence-electron chi connectivity index (χ0n) is 10.0. The number of hydrogen-bond acceptors (Lipinski definition) is 3. The highest BCUT2D eigenvalue weighted by Crippen LogP contribution is 2.29. The van der Waals surface area contributed by atoms with Crippen molar-refractivity contribution in [2.75, 3.05) is 12.3 Å². The van der Waals surface area contributed by atoms with Gasteiger partial charge in [0.05, 0.1) is 5.69 Å². The minimum atomic E-state index is -3.71. The Morgan fingerprint density at radius 2 is 2.11 bits per heavy atom. The molecule has 0 aromatic heterocycles. The lowest BCUT2D eigenvalue weighted by Gasteiger charge is -2.25. The lowest BCUT2D eigenvalue weighted by Crippen LogP contribution is -2.28. The summed E-state index contributed by atoms with van der Waals surface area (Å²) in [4.78, 5) is -0.184. The fraction of sp³-hybridized carbons (Fsp3) is 0.500. The Balaban J connectivity index is 2.02. The highest BCUT2D eigenvalue weighted by Gasteiger charge is 2.20. The topological polar surface area (TPSA) is 72.2 Å². The number of hydrogen-bond donors (Lipinski definition) is 2. The lowest BCUT2D eigenvalue weighted by molar-refractivity contribution is 0.297. The third-order valence-electron chi connectivity index (χ3n) is 3.33. The normalized spacial score (nSPS) is 16.5. The Bertz CT molecular complexity index is 527. The van der Waals surface area contributed by atoms with Crippen LogP contribution in [0.4, 0.5) is 10.1 Å². The Kier molecular flexibility index (Phi) is 3.87. The van der Waals surface area contributed by atoms with Gasteiger partial charge in [-0.15, -0.1) is 0 Å². The SMILES string of the molecule is Nc1ccc(F)cc1S(=O)(=O)NCCC1CCC1. The fourth-order valence-electron chi connectivity index (χ4n) is 2.00. The predicted octanol–water partition coefficient (Wildman–Crippen LogP) is 1.88. The highest BCUT2D eigenvalue weighted by molar-refractivity contribution is 7.89. The van der Waals surface area contributed by atoms with Crippen molar-refractivity contribution in [2.45, 2.75) is 30.6 Å². The Morgan fingerprint density at radius 3 is 2.72 bits per heavy atom. The zero-order valence-corrected chi connectivity index (χ0v) is 10.8. The molecule has 2 rings (SSSR count). The van der Waals surface area contributed by atoms with Gasteiger partial charge >= 0.3 is 0 Å². The largest absolute Gasteiger partial charge is 0.398 e. The van der Waals surface area contributed by atoms with Crippen LogP contribution in [0.1, 0.15) is 25.7 Å². The third kappa shape index (κ3) is 3.00. The number of rotatable bonds is 5. The minimum absolute atomic E-state index is 0.0625. The molecule has 3 N–H and O–H groups in total. The molecule has 6 heteroatoms. The van der Waals surface area contributed by atoms with E-state index in [2.05, 4.69) is 4.72 Å². The number of nitrogens with two attached hydrogens (primary N) is 1. The summed E-state index contributed by atoms with van der Waals surface area (Å²) >= 11 is 0. The van der Waals surface area contributed by atoms with Crippen molar-refractivity contribution >= 4 is 15.7 Å². The van der Waals surface area contributed by atoms with Gasteiger partial charge in [0.2, 0.25) is 10.0 Å². The number of benzene rings is 1. The van der Waals surface area contributed by atoms with Gasteiger partial charge in [-0.25, -0.2) is 17.5 Å². The summed E-state index contributed by atoms with van der Waals surface area (Å²) in [5.74, 6) is 0.0149. The second kappa shape index (κ2) is 5.24. The number of halogens is 1. The van der Waals surface area contributed by atoms with Crippen LogP contribution in [0.3, 0.4) is 0 Å². The van der Waals surface area contributed by atoms with E-state index in [-0.39, 0.29) is 10.6 Å². The standard InChI is InChI=1S/C12H17FN2O2S/c13-10-4-5-11(14)12(8-10)18(16,17)15-7-6-9-2-1-3-9/h4-5,8-9,15H,1-3,6-7,14H2. The van der Waals surface area contributed by atoms with Crippen molar-refractivity contribution in [2.24, 2.45) is 5.92 Å². The molecule has 0 spiro atoms. The monoisotopic (exact) mass is 272 g/mol. The van der Waals surface area contributed by atoms with E-state index in [0.717, 1.165) is 18.6 Å². The average molecular weight is 272 g/mol. The summed E-state index contributed by atoms with van der Waals surface area (Å²) in [5, 5.41) is 0. The van der Waals surface area contributed by atoms with Crippen molar-refractivity contribution < 1.29 is 12.8 Å². The third-order valence-corrected chi connectivity index (χ3v) is 4.85. The smallest absolute Gasteiger partial charge is 0.242 e. The van der Waals surface area contributed by atoms with Gasteiger partial charge in [0.1, 0.15) is 10.7 Å². The number of nitrogens with one attached hydrogen (secondary N) is 1. The quantitative estimate of drug-likeness (QED) is 0.804. The molecule has 1 fully saturated rings. The van der Waals surface area contributed by atoms with Crippen LogP contribution < -0.4 is 10.5 Å². The second-order valence-corrected chi connectivity index (χ2v) is 6.40. The molecule has 0 radical (unpaired) electrons. The average Bonchev–Trinajstić information content (AvgIpc) is 2.25.